The van der Waals surface area contributed by atoms with Crippen molar-refractivity contribution in [3.8, 4) is 0 Å². The highest BCUT2D eigenvalue weighted by molar-refractivity contribution is 4.97. The molecule has 5 heteroatoms. The zero-order chi connectivity index (χ0) is 11.1. The molecular weight excluding hydrogens is 207 g/mol. The largest absolute Gasteiger partial charge is 0.417 e. The Hall–Kier alpha value is -0.290. The molecule has 2 saturated carbocycles. The van der Waals surface area contributed by atoms with Gasteiger partial charge in [0.05, 0.1) is 0 Å². The predicted octanol–water partition coefficient (Wildman–Crippen LogP) is 1.97. The smallest absolute Gasteiger partial charge is 0.380 e. The molecule has 15 heavy (non-hydrogen) atoms. The van der Waals surface area contributed by atoms with Crippen LogP contribution in [-0.4, -0.2) is 29.0 Å². The minimum absolute atomic E-state index is 0.153. The van der Waals surface area contributed by atoms with Crippen LogP contribution in [0.4, 0.5) is 13.2 Å². The molecule has 88 valence electrons. The lowest BCUT2D eigenvalue weighted by molar-refractivity contribution is -0.271. The molecule has 0 heterocycles. The van der Waals surface area contributed by atoms with E-state index < -0.39 is 11.8 Å². The maximum atomic E-state index is 12.6. The highest BCUT2D eigenvalue weighted by Crippen LogP contribution is 2.41. The van der Waals surface area contributed by atoms with Crippen LogP contribution in [0.15, 0.2) is 0 Å². The lowest BCUT2D eigenvalue weighted by atomic mass is 9.81. The van der Waals surface area contributed by atoms with Gasteiger partial charge in [-0.3, -0.25) is 0 Å². The van der Waals surface area contributed by atoms with Crippen LogP contribution in [0, 0.1) is 0 Å². The molecule has 2 N–H and O–H groups in total. The second-order valence-electron chi connectivity index (χ2n) is 4.76. The minimum atomic E-state index is -4.49. The third kappa shape index (κ3) is 2.45. The molecule has 0 bridgehead atoms. The second kappa shape index (κ2) is 3.63. The van der Waals surface area contributed by atoms with E-state index in [0.29, 0.717) is 12.5 Å². The fourth-order valence-corrected chi connectivity index (χ4v) is 2.24. The molecular formula is C10H16F3NO. The second-order valence-corrected chi connectivity index (χ2v) is 4.76. The van der Waals surface area contributed by atoms with Gasteiger partial charge in [0.15, 0.2) is 5.60 Å². The Kier molecular flexibility index (Phi) is 2.71. The Balaban J connectivity index is 1.95. The third-order valence-electron chi connectivity index (χ3n) is 3.30. The highest BCUT2D eigenvalue weighted by atomic mass is 19.4. The summed E-state index contributed by atoms with van der Waals surface area (Å²) in [6.45, 7) is 0. The zero-order valence-corrected chi connectivity index (χ0v) is 8.48. The first-order valence-electron chi connectivity index (χ1n) is 5.46. The van der Waals surface area contributed by atoms with Crippen LogP contribution in [0.25, 0.3) is 0 Å². The fraction of sp³-hybridized carbons (Fsp3) is 1.00. The predicted molar refractivity (Wildman–Crippen MR) is 49.4 cm³/mol. The molecule has 0 amide bonds. The standard InChI is InChI=1S/C10H16F3NO/c11-10(12,13)9(15)5-1-2-8(6-9)14-7-3-4-7/h7-8,14-15H,1-6H2. The molecule has 0 aliphatic heterocycles. The van der Waals surface area contributed by atoms with E-state index in [2.05, 4.69) is 5.32 Å². The molecule has 0 spiro atoms. The SMILES string of the molecule is OC1(C(F)(F)F)CCCC(NC2CC2)C1. The molecule has 0 aromatic heterocycles. The molecule has 2 fully saturated rings. The van der Waals surface area contributed by atoms with Gasteiger partial charge in [-0.1, -0.05) is 0 Å². The van der Waals surface area contributed by atoms with Crippen molar-refractivity contribution in [3.63, 3.8) is 0 Å². The molecule has 0 radical (unpaired) electrons. The molecule has 2 rings (SSSR count). The number of nitrogens with one attached hydrogen (secondary N) is 1. The maximum absolute atomic E-state index is 12.6. The van der Waals surface area contributed by atoms with Gasteiger partial charge in [-0.25, -0.2) is 0 Å². The van der Waals surface area contributed by atoms with E-state index in [1.807, 2.05) is 0 Å². The minimum Gasteiger partial charge on any atom is -0.380 e. The van der Waals surface area contributed by atoms with Gasteiger partial charge in [-0.05, 0) is 32.1 Å². The van der Waals surface area contributed by atoms with Crippen LogP contribution in [0.1, 0.15) is 38.5 Å². The summed E-state index contributed by atoms with van der Waals surface area (Å²) in [5.74, 6) is 0. The van der Waals surface area contributed by atoms with Crippen LogP contribution < -0.4 is 5.32 Å². The van der Waals surface area contributed by atoms with Crippen molar-refractivity contribution in [1.82, 2.24) is 5.32 Å². The van der Waals surface area contributed by atoms with Gasteiger partial charge >= 0.3 is 6.18 Å². The summed E-state index contributed by atoms with van der Waals surface area (Å²) in [6, 6.07) is 0.225. The van der Waals surface area contributed by atoms with Crippen molar-refractivity contribution < 1.29 is 18.3 Å². The Morgan fingerprint density at radius 2 is 1.80 bits per heavy atom. The number of alkyl halides is 3. The van der Waals surface area contributed by atoms with Crippen LogP contribution in [0.3, 0.4) is 0 Å². The van der Waals surface area contributed by atoms with Crippen molar-refractivity contribution >= 4 is 0 Å². The first-order chi connectivity index (χ1) is 6.91. The summed E-state index contributed by atoms with van der Waals surface area (Å²) in [6.07, 6.45) is -1.53. The van der Waals surface area contributed by atoms with Gasteiger partial charge < -0.3 is 10.4 Å². The maximum Gasteiger partial charge on any atom is 0.417 e. The van der Waals surface area contributed by atoms with Gasteiger partial charge in [-0.15, -0.1) is 0 Å². The van der Waals surface area contributed by atoms with Crippen LogP contribution in [0.5, 0.6) is 0 Å². The summed E-state index contributed by atoms with van der Waals surface area (Å²) < 4.78 is 37.7. The zero-order valence-electron chi connectivity index (χ0n) is 8.48. The molecule has 2 nitrogen and oxygen atoms in total. The molecule has 0 saturated heterocycles. The number of hydrogen-bond donors (Lipinski definition) is 2. The van der Waals surface area contributed by atoms with Crippen LogP contribution >= 0.6 is 0 Å². The van der Waals surface area contributed by atoms with Crippen molar-refractivity contribution in [2.75, 3.05) is 0 Å². The van der Waals surface area contributed by atoms with Gasteiger partial charge in [-0.2, -0.15) is 13.2 Å². The molecule has 2 aliphatic carbocycles. The molecule has 2 unspecified atom stereocenters. The topological polar surface area (TPSA) is 32.3 Å². The summed E-state index contributed by atoms with van der Waals surface area (Å²) in [7, 11) is 0. The lowest BCUT2D eigenvalue weighted by Crippen LogP contribution is -2.53. The van der Waals surface area contributed by atoms with Crippen LogP contribution in [-0.2, 0) is 0 Å². The average molecular weight is 223 g/mol. The van der Waals surface area contributed by atoms with Gasteiger partial charge in [0, 0.05) is 18.5 Å². The number of aliphatic hydroxyl groups is 1. The number of hydrogen-bond acceptors (Lipinski definition) is 2. The summed E-state index contributed by atoms with van der Waals surface area (Å²) >= 11 is 0. The van der Waals surface area contributed by atoms with E-state index in [0.717, 1.165) is 19.3 Å². The van der Waals surface area contributed by atoms with Crippen molar-refractivity contribution in [2.24, 2.45) is 0 Å². The van der Waals surface area contributed by atoms with Gasteiger partial charge in [0.2, 0.25) is 0 Å². The first-order valence-corrected chi connectivity index (χ1v) is 5.46. The molecule has 0 aromatic carbocycles. The number of rotatable bonds is 2. The first kappa shape index (κ1) is 11.2. The summed E-state index contributed by atoms with van der Waals surface area (Å²) in [5.41, 5.74) is -2.46. The Labute approximate surface area is 86.9 Å². The van der Waals surface area contributed by atoms with E-state index in [-0.39, 0.29) is 18.9 Å². The van der Waals surface area contributed by atoms with Crippen molar-refractivity contribution in [1.29, 1.82) is 0 Å². The highest BCUT2D eigenvalue weighted by Gasteiger charge is 2.55. The summed E-state index contributed by atoms with van der Waals surface area (Å²) in [4.78, 5) is 0. The fourth-order valence-electron chi connectivity index (χ4n) is 2.24. The molecule has 2 atom stereocenters. The van der Waals surface area contributed by atoms with Crippen LogP contribution in [0.2, 0.25) is 0 Å². The van der Waals surface area contributed by atoms with E-state index >= 15 is 0 Å². The van der Waals surface area contributed by atoms with E-state index in [1.165, 1.54) is 0 Å². The van der Waals surface area contributed by atoms with Gasteiger partial charge in [0.1, 0.15) is 0 Å². The quantitative estimate of drug-likeness (QED) is 0.750. The summed E-state index contributed by atoms with van der Waals surface area (Å²) in [5, 5.41) is 12.7. The Bertz CT molecular complexity index is 239. The molecule has 2 aliphatic rings. The van der Waals surface area contributed by atoms with E-state index in [1.54, 1.807) is 0 Å². The third-order valence-corrected chi connectivity index (χ3v) is 3.30. The van der Waals surface area contributed by atoms with Crippen molar-refractivity contribution in [2.45, 2.75) is 62.4 Å². The van der Waals surface area contributed by atoms with Crippen molar-refractivity contribution in [3.05, 3.63) is 0 Å². The van der Waals surface area contributed by atoms with E-state index in [4.69, 9.17) is 0 Å². The monoisotopic (exact) mass is 223 g/mol. The normalized spacial score (nSPS) is 38.0. The number of halogens is 3. The van der Waals surface area contributed by atoms with E-state index in [9.17, 15) is 18.3 Å². The molecule has 0 aromatic rings. The van der Waals surface area contributed by atoms with Gasteiger partial charge in [0.25, 0.3) is 0 Å². The lowest BCUT2D eigenvalue weighted by Gasteiger charge is -2.38. The Morgan fingerprint density at radius 1 is 1.13 bits per heavy atom. The Morgan fingerprint density at radius 3 is 2.33 bits per heavy atom. The average Bonchev–Trinajstić information content (AvgIpc) is 2.86.